The van der Waals surface area contributed by atoms with Crippen molar-refractivity contribution in [1.29, 1.82) is 0 Å². The molecule has 12 nitrogen and oxygen atoms in total. The molecule has 0 bridgehead atoms. The maximum Gasteiger partial charge on any atom is 0.387 e. The zero-order valence-corrected chi connectivity index (χ0v) is 25.5. The minimum absolute atomic E-state index is 0.0967. The van der Waals surface area contributed by atoms with Crippen LogP contribution >= 0.6 is 11.6 Å². The molecule has 2 aliphatic rings. The van der Waals surface area contributed by atoms with E-state index in [1.165, 1.54) is 46.0 Å². The second-order valence-electron chi connectivity index (χ2n) is 12.1. The average molecular weight is 643 g/mol. The monoisotopic (exact) mass is 642 g/mol. The van der Waals surface area contributed by atoms with Gasteiger partial charge in [0.1, 0.15) is 23.6 Å². The van der Waals surface area contributed by atoms with Gasteiger partial charge in [0.05, 0.1) is 17.5 Å². The molecule has 2 N–H and O–H groups in total. The molecule has 3 aromatic heterocycles. The molecule has 2 amide bonds. The molecule has 15 heteroatoms. The fraction of sp³-hybridized carbons (Fsp3) is 0.433. The molecular weight excluding hydrogens is 610 g/mol. The Hall–Kier alpha value is -4.14. The van der Waals surface area contributed by atoms with Gasteiger partial charge in [-0.3, -0.25) is 14.3 Å². The number of anilines is 1. The lowest BCUT2D eigenvalue weighted by Gasteiger charge is -2.24. The number of benzene rings is 1. The van der Waals surface area contributed by atoms with Crippen LogP contribution in [0.1, 0.15) is 30.6 Å². The lowest BCUT2D eigenvalue weighted by molar-refractivity contribution is -0.131. The first-order valence-corrected chi connectivity index (χ1v) is 15.0. The number of alkyl halides is 2. The molecule has 0 radical (unpaired) electrons. The minimum Gasteiger partial charge on any atom is -0.434 e. The first kappa shape index (κ1) is 30.9. The number of fused-ring (bicyclic) bond motifs is 2. The SMILES string of the molecule is CC(C)(O)CCN1CC2CN(C(=O)Cn3cc(NC(=O)c4cnn5cccnc45)c(-c4cc(Cl)ccc4OC(F)F)n3)CC2C1. The zero-order valence-electron chi connectivity index (χ0n) is 24.7. The molecule has 0 spiro atoms. The molecule has 2 aliphatic heterocycles. The number of likely N-dealkylation sites (tertiary alicyclic amines) is 2. The Kier molecular flexibility index (Phi) is 8.46. The van der Waals surface area contributed by atoms with Crippen LogP contribution in [-0.4, -0.2) is 96.0 Å². The number of hydrogen-bond acceptors (Lipinski definition) is 8. The normalized spacial score (nSPS) is 18.6. The van der Waals surface area contributed by atoms with E-state index in [1.54, 1.807) is 26.1 Å². The Morgan fingerprint density at radius 3 is 2.67 bits per heavy atom. The summed E-state index contributed by atoms with van der Waals surface area (Å²) in [5, 5.41) is 21.8. The van der Waals surface area contributed by atoms with Crippen molar-refractivity contribution < 1.29 is 28.2 Å². The summed E-state index contributed by atoms with van der Waals surface area (Å²) in [6.45, 7) is 4.13. The number of hydrogen-bond donors (Lipinski definition) is 2. The van der Waals surface area contributed by atoms with Gasteiger partial charge in [-0.2, -0.15) is 19.0 Å². The second kappa shape index (κ2) is 12.3. The summed E-state index contributed by atoms with van der Waals surface area (Å²) >= 11 is 6.22. The number of carbonyl (C=O) groups excluding carboxylic acids is 2. The molecule has 6 rings (SSSR count). The molecule has 2 atom stereocenters. The smallest absolute Gasteiger partial charge is 0.387 e. The van der Waals surface area contributed by atoms with Crippen LogP contribution in [0.4, 0.5) is 14.5 Å². The van der Waals surface area contributed by atoms with Gasteiger partial charge in [0.15, 0.2) is 5.65 Å². The lowest BCUT2D eigenvalue weighted by atomic mass is 10.0. The van der Waals surface area contributed by atoms with E-state index in [2.05, 4.69) is 25.4 Å². The highest BCUT2D eigenvalue weighted by Crippen LogP contribution is 2.37. The van der Waals surface area contributed by atoms with Gasteiger partial charge in [-0.25, -0.2) is 9.50 Å². The Morgan fingerprint density at radius 1 is 1.20 bits per heavy atom. The van der Waals surface area contributed by atoms with Crippen molar-refractivity contribution in [2.45, 2.75) is 39.0 Å². The molecule has 0 saturated carbocycles. The summed E-state index contributed by atoms with van der Waals surface area (Å²) in [5.41, 5.74) is 0.151. The summed E-state index contributed by atoms with van der Waals surface area (Å²) in [7, 11) is 0. The van der Waals surface area contributed by atoms with Crippen molar-refractivity contribution >= 4 is 34.7 Å². The Morgan fingerprint density at radius 2 is 1.96 bits per heavy atom. The van der Waals surface area contributed by atoms with Gasteiger partial charge in [0, 0.05) is 61.9 Å². The van der Waals surface area contributed by atoms with Crippen LogP contribution in [-0.2, 0) is 11.3 Å². The highest BCUT2D eigenvalue weighted by molar-refractivity contribution is 6.31. The third-order valence-corrected chi connectivity index (χ3v) is 8.43. The number of aromatic nitrogens is 5. The topological polar surface area (TPSA) is 130 Å². The van der Waals surface area contributed by atoms with Gasteiger partial charge in [-0.05, 0) is 56.4 Å². The van der Waals surface area contributed by atoms with Crippen molar-refractivity contribution in [1.82, 2.24) is 34.2 Å². The van der Waals surface area contributed by atoms with Crippen molar-refractivity contribution in [2.75, 3.05) is 38.0 Å². The quantitative estimate of drug-likeness (QED) is 0.268. The first-order chi connectivity index (χ1) is 21.4. The molecule has 2 fully saturated rings. The third-order valence-electron chi connectivity index (χ3n) is 8.20. The van der Waals surface area contributed by atoms with Crippen LogP contribution in [0.25, 0.3) is 16.9 Å². The summed E-state index contributed by atoms with van der Waals surface area (Å²) in [6.07, 6.45) is 6.70. The van der Waals surface area contributed by atoms with Crippen molar-refractivity contribution in [3.05, 3.63) is 59.6 Å². The van der Waals surface area contributed by atoms with Gasteiger partial charge < -0.3 is 25.0 Å². The number of halogens is 3. The predicted molar refractivity (Wildman–Crippen MR) is 161 cm³/mol. The van der Waals surface area contributed by atoms with Crippen molar-refractivity contribution in [3.8, 4) is 17.0 Å². The van der Waals surface area contributed by atoms with E-state index in [4.69, 9.17) is 16.3 Å². The molecule has 1 aromatic carbocycles. The minimum atomic E-state index is -3.11. The molecule has 238 valence electrons. The Balaban J connectivity index is 1.23. The van der Waals surface area contributed by atoms with Crippen LogP contribution in [0.5, 0.6) is 5.75 Å². The van der Waals surface area contributed by atoms with Crippen molar-refractivity contribution in [3.63, 3.8) is 0 Å². The van der Waals surface area contributed by atoms with Gasteiger partial charge in [0.25, 0.3) is 5.91 Å². The second-order valence-corrected chi connectivity index (χ2v) is 12.6. The molecular formula is C30H33ClF2N8O4. The highest BCUT2D eigenvalue weighted by Gasteiger charge is 2.41. The molecule has 0 aliphatic carbocycles. The van der Waals surface area contributed by atoms with Gasteiger partial charge in [-0.1, -0.05) is 11.6 Å². The van der Waals surface area contributed by atoms with E-state index < -0.39 is 18.1 Å². The van der Waals surface area contributed by atoms with Crippen molar-refractivity contribution in [2.24, 2.45) is 11.8 Å². The number of ether oxygens (including phenoxy) is 1. The van der Waals surface area contributed by atoms with Gasteiger partial charge in [0.2, 0.25) is 5.91 Å². The summed E-state index contributed by atoms with van der Waals surface area (Å²) in [4.78, 5) is 35.2. The maximum absolute atomic E-state index is 13.4. The molecule has 45 heavy (non-hydrogen) atoms. The number of aliphatic hydroxyl groups is 1. The van der Waals surface area contributed by atoms with E-state index >= 15 is 0 Å². The largest absolute Gasteiger partial charge is 0.434 e. The first-order valence-electron chi connectivity index (χ1n) is 14.6. The summed E-state index contributed by atoms with van der Waals surface area (Å²) in [5.74, 6) is -0.213. The number of carbonyl (C=O) groups is 2. The van der Waals surface area contributed by atoms with Gasteiger partial charge in [-0.15, -0.1) is 0 Å². The molecule has 4 aromatic rings. The van der Waals surface area contributed by atoms with E-state index in [-0.39, 0.29) is 45.7 Å². The van der Waals surface area contributed by atoms with E-state index in [9.17, 15) is 23.5 Å². The van der Waals surface area contributed by atoms with Crippen LogP contribution in [0.15, 0.2) is 49.1 Å². The lowest BCUT2D eigenvalue weighted by Crippen LogP contribution is -2.36. The van der Waals surface area contributed by atoms with E-state index in [1.807, 2.05) is 4.90 Å². The van der Waals surface area contributed by atoms with E-state index in [0.29, 0.717) is 37.0 Å². The Bertz CT molecular complexity index is 1710. The Labute approximate surface area is 262 Å². The highest BCUT2D eigenvalue weighted by atomic mass is 35.5. The predicted octanol–water partition coefficient (Wildman–Crippen LogP) is 3.65. The maximum atomic E-state index is 13.4. The van der Waals surface area contributed by atoms with Crippen LogP contribution in [0.2, 0.25) is 5.02 Å². The number of rotatable bonds is 10. The van der Waals surface area contributed by atoms with Gasteiger partial charge >= 0.3 is 6.61 Å². The zero-order chi connectivity index (χ0) is 31.9. The number of amides is 2. The fourth-order valence-corrected chi connectivity index (χ4v) is 6.17. The summed E-state index contributed by atoms with van der Waals surface area (Å²) < 4.78 is 34.1. The molecule has 5 heterocycles. The average Bonchev–Trinajstić information content (AvgIpc) is 3.74. The number of nitrogens with one attached hydrogen (secondary N) is 1. The van der Waals surface area contributed by atoms with Crippen LogP contribution in [0, 0.1) is 11.8 Å². The standard InChI is InChI=1S/C30H33ClF2N8O4/c1-30(2,44)6-9-38-12-18-14-39(15-19(18)13-38)25(42)17-40-16-23(36-28(43)22-11-35-41-8-3-7-34-27(22)41)26(37-40)21-10-20(31)4-5-24(21)45-29(32)33/h3-5,7-8,10-11,16,18-19,29,44H,6,9,12-15,17H2,1-2H3,(H,36,43). The van der Waals surface area contributed by atoms with Crippen LogP contribution in [0.3, 0.4) is 0 Å². The molecule has 2 saturated heterocycles. The third kappa shape index (κ3) is 6.92. The fourth-order valence-electron chi connectivity index (χ4n) is 6.00. The van der Waals surface area contributed by atoms with E-state index in [0.717, 1.165) is 19.6 Å². The summed E-state index contributed by atoms with van der Waals surface area (Å²) in [6, 6.07) is 5.78. The molecule has 2 unspecified atom stereocenters. The van der Waals surface area contributed by atoms with Crippen LogP contribution < -0.4 is 10.1 Å². The number of nitrogens with zero attached hydrogens (tertiary/aromatic N) is 7.